The van der Waals surface area contributed by atoms with Crippen molar-refractivity contribution in [3.63, 3.8) is 0 Å². The number of fused-ring (bicyclic) bond motifs is 1. The molecule has 1 amide bonds. The predicted octanol–water partition coefficient (Wildman–Crippen LogP) is 1.92. The monoisotopic (exact) mass is 294 g/mol. The van der Waals surface area contributed by atoms with Crippen LogP contribution >= 0.6 is 0 Å². The molecule has 2 N–H and O–H groups in total. The van der Waals surface area contributed by atoms with Crippen molar-refractivity contribution in [1.82, 2.24) is 15.2 Å². The fourth-order valence-electron chi connectivity index (χ4n) is 2.12. The van der Waals surface area contributed by atoms with E-state index in [2.05, 4.69) is 4.74 Å². The van der Waals surface area contributed by atoms with Gasteiger partial charge < -0.3 is 19.9 Å². The molecular weight excluding hydrogens is 266 g/mol. The van der Waals surface area contributed by atoms with Crippen molar-refractivity contribution in [1.29, 1.82) is 0 Å². The summed E-state index contributed by atoms with van der Waals surface area (Å²) in [6.07, 6.45) is -2.07. The van der Waals surface area contributed by atoms with Crippen LogP contribution in [0.4, 0.5) is 4.79 Å². The first-order chi connectivity index (χ1) is 12.8. The second-order valence-electron chi connectivity index (χ2n) is 4.98. The number of benzene rings is 1. The molecule has 0 spiro atoms. The van der Waals surface area contributed by atoms with E-state index in [-0.39, 0.29) is 17.3 Å². The molecule has 1 aromatic carbocycles. The van der Waals surface area contributed by atoms with Crippen molar-refractivity contribution in [3.05, 3.63) is 35.5 Å². The summed E-state index contributed by atoms with van der Waals surface area (Å²) >= 11 is 0. The molecule has 2 heterocycles. The van der Waals surface area contributed by atoms with Gasteiger partial charge in [0.15, 0.2) is 2.82 Å². The highest BCUT2D eigenvalue weighted by Gasteiger charge is 2.22. The van der Waals surface area contributed by atoms with E-state index in [0.29, 0.717) is 16.5 Å². The number of H-pyrrole nitrogens is 1. The molecule has 5 nitrogen and oxygen atoms in total. The standard InChI is InChI=1S/C16H21N3O2/c1-19(2)6-5-12-9-17-15-4-3-11(8-14(12)15)7-13-10-21-16(20)18-13/h3-4,8-9,13,17H,5-7,10H2,1-2H3,(H,18,20)/t13-/m0/s1/i6D2,7D2,13D/hD2. The molecule has 1 fully saturated rings. The molecule has 1 aliphatic heterocycles. The molecule has 0 bridgehead atoms. The van der Waals surface area contributed by atoms with Crippen LogP contribution < -0.4 is 5.31 Å². The maximum Gasteiger partial charge on any atom is 0.407 e. The quantitative estimate of drug-likeness (QED) is 0.886. The first-order valence-electron chi connectivity index (χ1n) is 9.98. The number of rotatable bonds is 5. The summed E-state index contributed by atoms with van der Waals surface area (Å²) in [5, 5.41) is 0.672. The molecule has 2 aromatic rings. The first-order valence-corrected chi connectivity index (χ1v) is 6.58. The average molecular weight is 294 g/mol. The summed E-state index contributed by atoms with van der Waals surface area (Å²) in [5.41, 5.74) is 1.02. The third-order valence-electron chi connectivity index (χ3n) is 3.13. The zero-order chi connectivity index (χ0) is 21.1. The van der Waals surface area contributed by atoms with Gasteiger partial charge in [-0.25, -0.2) is 4.79 Å². The number of carbonyl (C=O) groups excluding carboxylic acids is 1. The number of amides is 1. The molecule has 112 valence electrons. The largest absolute Gasteiger partial charge is 0.447 e. The molecule has 21 heavy (non-hydrogen) atoms. The Labute approximate surface area is 134 Å². The van der Waals surface area contributed by atoms with Gasteiger partial charge in [0.25, 0.3) is 0 Å². The average Bonchev–Trinajstić information content (AvgIpc) is 3.06. The number of alkyl carbamates (subject to hydrolysis) is 1. The second-order valence-corrected chi connectivity index (χ2v) is 4.98. The number of ether oxygens (including phenoxy) is 1. The number of carbonyl (C=O) groups is 1. The topological polar surface area (TPSA) is 57.4 Å². The van der Waals surface area contributed by atoms with E-state index >= 15 is 0 Å². The van der Waals surface area contributed by atoms with Crippen molar-refractivity contribution in [2.75, 3.05) is 27.2 Å². The van der Waals surface area contributed by atoms with Gasteiger partial charge in [0.2, 0.25) is 0 Å². The zero-order valence-electron chi connectivity index (χ0n) is 18.9. The normalized spacial score (nSPS) is 28.4. The Balaban J connectivity index is 2.09. The van der Waals surface area contributed by atoms with E-state index in [9.17, 15) is 4.79 Å². The van der Waals surface area contributed by atoms with Gasteiger partial charge >= 0.3 is 6.09 Å². The number of nitrogens with zero attached hydrogens (tertiary/aromatic N) is 1. The van der Waals surface area contributed by atoms with Crippen LogP contribution in [0.3, 0.4) is 0 Å². The summed E-state index contributed by atoms with van der Waals surface area (Å²) in [4.78, 5) is 14.0. The van der Waals surface area contributed by atoms with Crippen molar-refractivity contribution >= 4 is 17.0 Å². The molecule has 0 saturated carbocycles. The first kappa shape index (κ1) is 7.84. The zero-order valence-corrected chi connectivity index (χ0v) is 11.9. The van der Waals surface area contributed by atoms with Crippen LogP contribution in [0.5, 0.6) is 0 Å². The van der Waals surface area contributed by atoms with Gasteiger partial charge in [-0.1, -0.05) is 6.07 Å². The lowest BCUT2D eigenvalue weighted by atomic mass is 10.0. The van der Waals surface area contributed by atoms with Gasteiger partial charge in [0.05, 0.1) is 7.39 Å². The van der Waals surface area contributed by atoms with E-state index < -0.39 is 31.6 Å². The molecule has 0 aliphatic carbocycles. The van der Waals surface area contributed by atoms with E-state index in [0.717, 1.165) is 4.98 Å². The lowest BCUT2D eigenvalue weighted by molar-refractivity contribution is 0.177. The molecule has 5 heteroatoms. The highest BCUT2D eigenvalue weighted by molar-refractivity contribution is 5.84. The van der Waals surface area contributed by atoms with Crippen molar-refractivity contribution in [2.24, 2.45) is 0 Å². The Bertz CT molecular complexity index is 930. The Hall–Kier alpha value is -2.01. The van der Waals surface area contributed by atoms with E-state index in [1.807, 2.05) is 0 Å². The van der Waals surface area contributed by atoms with E-state index in [1.165, 1.54) is 29.3 Å². The van der Waals surface area contributed by atoms with Crippen molar-refractivity contribution in [3.8, 4) is 0 Å². The minimum Gasteiger partial charge on any atom is -0.447 e. The molecule has 1 aromatic heterocycles. The van der Waals surface area contributed by atoms with Crippen LogP contribution in [0, 0.1) is 0 Å². The molecular formula is C16H21N3O2. The van der Waals surface area contributed by atoms with Crippen LogP contribution in [0.1, 0.15) is 18.0 Å². The lowest BCUT2D eigenvalue weighted by Gasteiger charge is -2.09. The van der Waals surface area contributed by atoms with Gasteiger partial charge in [-0.3, -0.25) is 0 Å². The number of aryl methyl sites for hydroxylation is 1. The Kier molecular flexibility index (Phi) is 2.16. The van der Waals surface area contributed by atoms with Gasteiger partial charge in [-0.05, 0) is 50.1 Å². The molecule has 1 aliphatic rings. The maximum absolute atomic E-state index is 11.5. The number of cyclic esters (lactones) is 1. The summed E-state index contributed by atoms with van der Waals surface area (Å²) in [5.74, 6) is 0. The molecule has 0 unspecified atom stereocenters. The van der Waals surface area contributed by atoms with E-state index in [4.69, 9.17) is 9.68 Å². The highest BCUT2D eigenvalue weighted by atomic mass is 16.6. The summed E-state index contributed by atoms with van der Waals surface area (Å²) < 4.78 is 61.9. The van der Waals surface area contributed by atoms with Crippen molar-refractivity contribution < 1.29 is 19.2 Å². The van der Waals surface area contributed by atoms with Gasteiger partial charge in [-0.2, -0.15) is 0 Å². The Morgan fingerprint density at radius 2 is 2.43 bits per heavy atom. The highest BCUT2D eigenvalue weighted by Crippen LogP contribution is 2.21. The predicted molar refractivity (Wildman–Crippen MR) is 82.5 cm³/mol. The molecule has 1 atom stereocenters. The minimum atomic E-state index is -2.43. The lowest BCUT2D eigenvalue weighted by Crippen LogP contribution is -2.28. The number of hydrogen-bond donors (Lipinski definition) is 2. The molecule has 3 rings (SSSR count). The number of hydrogen-bond acceptors (Lipinski definition) is 3. The number of nitrogens with one attached hydrogen (secondary N) is 2. The van der Waals surface area contributed by atoms with Crippen LogP contribution in [0.15, 0.2) is 24.4 Å². The van der Waals surface area contributed by atoms with Gasteiger partial charge in [0, 0.05) is 29.1 Å². The van der Waals surface area contributed by atoms with Crippen LogP contribution in [-0.4, -0.2) is 49.2 Å². The van der Waals surface area contributed by atoms with Crippen LogP contribution in [0.25, 0.3) is 10.9 Å². The molecule has 1 saturated heterocycles. The van der Waals surface area contributed by atoms with Crippen LogP contribution in [0.2, 0.25) is 2.82 Å². The second kappa shape index (κ2) is 5.77. The minimum absolute atomic E-state index is 0.0208. The number of aromatic amines is 1. The fourth-order valence-corrected chi connectivity index (χ4v) is 2.12. The Morgan fingerprint density at radius 1 is 1.57 bits per heavy atom. The third-order valence-corrected chi connectivity index (χ3v) is 3.13. The van der Waals surface area contributed by atoms with E-state index in [1.54, 1.807) is 14.1 Å². The fraction of sp³-hybridized carbons (Fsp3) is 0.438. The van der Waals surface area contributed by atoms with Gasteiger partial charge in [-0.15, -0.1) is 0 Å². The summed E-state index contributed by atoms with van der Waals surface area (Å²) in [6.45, 7) is -2.26. The summed E-state index contributed by atoms with van der Waals surface area (Å²) in [6, 6.07) is 2.11. The Morgan fingerprint density at radius 3 is 3.14 bits per heavy atom. The SMILES string of the molecule is [2H]N1C(=O)OC[C@]1([2H])C([2H])([2H])c1ccc2c(c1)c(CC([2H])([2H])N(C)C)cn2[2H]. The van der Waals surface area contributed by atoms with Crippen LogP contribution in [-0.2, 0) is 17.5 Å². The summed E-state index contributed by atoms with van der Waals surface area (Å²) in [7, 11) is 3.21. The maximum atomic E-state index is 11.5. The molecule has 0 radical (unpaired) electrons. The number of aromatic nitrogens is 1. The smallest absolute Gasteiger partial charge is 0.407 e. The third kappa shape index (κ3) is 3.19. The number of likely N-dealkylation sites (N-methyl/N-ethyl adjacent to an activating group) is 1. The van der Waals surface area contributed by atoms with Gasteiger partial charge in [0.1, 0.15) is 6.61 Å². The van der Waals surface area contributed by atoms with Crippen molar-refractivity contribution in [2.45, 2.75) is 18.8 Å².